The molecule has 0 bridgehead atoms. The van der Waals surface area contributed by atoms with Gasteiger partial charge in [-0.2, -0.15) is 0 Å². The molecule has 0 amide bonds. The molecule has 0 aromatic carbocycles. The highest BCUT2D eigenvalue weighted by Crippen LogP contribution is 2.01. The Morgan fingerprint density at radius 2 is 2.15 bits per heavy atom. The van der Waals surface area contributed by atoms with E-state index in [0.29, 0.717) is 6.54 Å². The van der Waals surface area contributed by atoms with E-state index in [-0.39, 0.29) is 0 Å². The minimum absolute atomic E-state index is 0.417. The number of hydrogen-bond acceptors (Lipinski definition) is 4. The largest absolute Gasteiger partial charge is 0.324 e. The van der Waals surface area contributed by atoms with Gasteiger partial charge in [0.15, 0.2) is 5.82 Å². The topological polar surface area (TPSA) is 69.6 Å². The molecule has 2 N–H and O–H groups in total. The molecule has 1 aromatic heterocycles. The summed E-state index contributed by atoms with van der Waals surface area (Å²) >= 11 is 0. The van der Waals surface area contributed by atoms with Crippen molar-refractivity contribution in [3.8, 4) is 0 Å². The maximum absolute atomic E-state index is 5.46. The van der Waals surface area contributed by atoms with Crippen molar-refractivity contribution in [3.63, 3.8) is 0 Å². The SMILES string of the molecule is CCCCCCn1nnnc1CN. The highest BCUT2D eigenvalue weighted by Gasteiger charge is 2.01. The molecule has 0 spiro atoms. The molecular weight excluding hydrogens is 166 g/mol. The van der Waals surface area contributed by atoms with Crippen molar-refractivity contribution in [1.82, 2.24) is 20.2 Å². The van der Waals surface area contributed by atoms with Crippen molar-refractivity contribution < 1.29 is 0 Å². The highest BCUT2D eigenvalue weighted by molar-refractivity contribution is 4.77. The zero-order valence-electron chi connectivity index (χ0n) is 8.11. The van der Waals surface area contributed by atoms with Crippen LogP contribution in [0.4, 0.5) is 0 Å². The second-order valence-corrected chi connectivity index (χ2v) is 3.08. The highest BCUT2D eigenvalue weighted by atomic mass is 15.5. The quantitative estimate of drug-likeness (QED) is 0.659. The van der Waals surface area contributed by atoms with E-state index in [1.165, 1.54) is 19.3 Å². The summed E-state index contributed by atoms with van der Waals surface area (Å²) in [5.41, 5.74) is 5.46. The van der Waals surface area contributed by atoms with Crippen molar-refractivity contribution in [2.75, 3.05) is 0 Å². The van der Waals surface area contributed by atoms with Crippen LogP contribution in [0.3, 0.4) is 0 Å². The van der Waals surface area contributed by atoms with Gasteiger partial charge in [0.05, 0.1) is 6.54 Å². The van der Waals surface area contributed by atoms with Crippen LogP contribution in [0.15, 0.2) is 0 Å². The fourth-order valence-corrected chi connectivity index (χ4v) is 1.23. The molecule has 0 saturated heterocycles. The first kappa shape index (κ1) is 10.1. The maximum atomic E-state index is 5.46. The van der Waals surface area contributed by atoms with Crippen LogP contribution in [-0.4, -0.2) is 20.2 Å². The van der Waals surface area contributed by atoms with Crippen molar-refractivity contribution in [2.45, 2.75) is 45.7 Å². The second kappa shape index (κ2) is 5.64. The fourth-order valence-electron chi connectivity index (χ4n) is 1.23. The lowest BCUT2D eigenvalue weighted by atomic mass is 10.2. The Bertz CT molecular complexity index is 232. The molecule has 1 heterocycles. The van der Waals surface area contributed by atoms with Crippen LogP contribution in [0.25, 0.3) is 0 Å². The van der Waals surface area contributed by atoms with Crippen molar-refractivity contribution in [2.24, 2.45) is 5.73 Å². The maximum Gasteiger partial charge on any atom is 0.164 e. The van der Waals surface area contributed by atoms with E-state index in [2.05, 4.69) is 22.4 Å². The molecule has 0 aliphatic heterocycles. The lowest BCUT2D eigenvalue weighted by Gasteiger charge is -2.01. The molecule has 5 heteroatoms. The number of tetrazole rings is 1. The van der Waals surface area contributed by atoms with Crippen LogP contribution < -0.4 is 5.73 Å². The molecular formula is C8H17N5. The van der Waals surface area contributed by atoms with Gasteiger partial charge >= 0.3 is 0 Å². The van der Waals surface area contributed by atoms with Crippen LogP contribution in [0.5, 0.6) is 0 Å². The van der Waals surface area contributed by atoms with Crippen LogP contribution in [0, 0.1) is 0 Å². The number of aromatic nitrogens is 4. The Morgan fingerprint density at radius 3 is 2.85 bits per heavy atom. The average molecular weight is 183 g/mol. The smallest absolute Gasteiger partial charge is 0.164 e. The van der Waals surface area contributed by atoms with E-state index in [0.717, 1.165) is 18.8 Å². The van der Waals surface area contributed by atoms with Gasteiger partial charge in [-0.15, -0.1) is 5.10 Å². The summed E-state index contributed by atoms with van der Waals surface area (Å²) < 4.78 is 1.79. The van der Waals surface area contributed by atoms with Gasteiger partial charge in [0.25, 0.3) is 0 Å². The zero-order chi connectivity index (χ0) is 9.52. The Balaban J connectivity index is 2.27. The lowest BCUT2D eigenvalue weighted by molar-refractivity contribution is 0.512. The third-order valence-electron chi connectivity index (χ3n) is 2.01. The Labute approximate surface area is 78.3 Å². The Kier molecular flexibility index (Phi) is 4.39. The average Bonchev–Trinajstić information content (AvgIpc) is 2.60. The minimum atomic E-state index is 0.417. The number of aryl methyl sites for hydroxylation is 1. The van der Waals surface area contributed by atoms with E-state index in [4.69, 9.17) is 5.73 Å². The van der Waals surface area contributed by atoms with Gasteiger partial charge in [-0.05, 0) is 16.8 Å². The number of unbranched alkanes of at least 4 members (excludes halogenated alkanes) is 3. The molecule has 1 aromatic rings. The van der Waals surface area contributed by atoms with Gasteiger partial charge < -0.3 is 5.73 Å². The summed E-state index contributed by atoms with van der Waals surface area (Å²) in [5, 5.41) is 11.2. The number of hydrogen-bond donors (Lipinski definition) is 1. The molecule has 74 valence electrons. The molecule has 13 heavy (non-hydrogen) atoms. The van der Waals surface area contributed by atoms with Crippen LogP contribution in [0.1, 0.15) is 38.4 Å². The molecule has 5 nitrogen and oxygen atoms in total. The lowest BCUT2D eigenvalue weighted by Crippen LogP contribution is -2.10. The first-order chi connectivity index (χ1) is 6.38. The molecule has 0 atom stereocenters. The molecule has 0 aliphatic rings. The molecule has 0 unspecified atom stereocenters. The third kappa shape index (κ3) is 3.10. The fraction of sp³-hybridized carbons (Fsp3) is 0.875. The molecule has 0 radical (unpaired) electrons. The number of rotatable bonds is 6. The normalized spacial score (nSPS) is 10.6. The summed E-state index contributed by atoms with van der Waals surface area (Å²) in [7, 11) is 0. The summed E-state index contributed by atoms with van der Waals surface area (Å²) in [6.45, 7) is 3.50. The van der Waals surface area contributed by atoms with Crippen LogP contribution >= 0.6 is 0 Å². The standard InChI is InChI=1S/C8H17N5/c1-2-3-4-5-6-13-8(7-9)10-11-12-13/h2-7,9H2,1H3. The van der Waals surface area contributed by atoms with E-state index >= 15 is 0 Å². The molecule has 0 saturated carbocycles. The van der Waals surface area contributed by atoms with Gasteiger partial charge in [-0.1, -0.05) is 26.2 Å². The summed E-state index contributed by atoms with van der Waals surface area (Å²) in [5.74, 6) is 0.775. The van der Waals surface area contributed by atoms with Crippen LogP contribution in [0.2, 0.25) is 0 Å². The monoisotopic (exact) mass is 183 g/mol. The van der Waals surface area contributed by atoms with Gasteiger partial charge in [0.2, 0.25) is 0 Å². The van der Waals surface area contributed by atoms with Gasteiger partial charge in [-0.25, -0.2) is 4.68 Å². The van der Waals surface area contributed by atoms with E-state index in [9.17, 15) is 0 Å². The van der Waals surface area contributed by atoms with Gasteiger partial charge in [-0.3, -0.25) is 0 Å². The summed E-state index contributed by atoms with van der Waals surface area (Å²) in [4.78, 5) is 0. The van der Waals surface area contributed by atoms with Gasteiger partial charge in [0.1, 0.15) is 0 Å². The molecule has 0 fully saturated rings. The first-order valence-electron chi connectivity index (χ1n) is 4.83. The summed E-state index contributed by atoms with van der Waals surface area (Å²) in [6.07, 6.45) is 4.89. The number of nitrogens with two attached hydrogens (primary N) is 1. The predicted molar refractivity (Wildman–Crippen MR) is 49.9 cm³/mol. The van der Waals surface area contributed by atoms with E-state index in [1.807, 2.05) is 0 Å². The summed E-state index contributed by atoms with van der Waals surface area (Å²) in [6, 6.07) is 0. The van der Waals surface area contributed by atoms with E-state index in [1.54, 1.807) is 4.68 Å². The Morgan fingerprint density at radius 1 is 1.31 bits per heavy atom. The van der Waals surface area contributed by atoms with Crippen molar-refractivity contribution in [3.05, 3.63) is 5.82 Å². The van der Waals surface area contributed by atoms with Crippen molar-refractivity contribution in [1.29, 1.82) is 0 Å². The first-order valence-corrected chi connectivity index (χ1v) is 4.83. The number of nitrogens with zero attached hydrogens (tertiary/aromatic N) is 4. The van der Waals surface area contributed by atoms with Crippen molar-refractivity contribution >= 4 is 0 Å². The predicted octanol–water partition coefficient (Wildman–Crippen LogP) is 0.712. The van der Waals surface area contributed by atoms with Gasteiger partial charge in [0, 0.05) is 6.54 Å². The Hall–Kier alpha value is -0.970. The zero-order valence-corrected chi connectivity index (χ0v) is 8.11. The minimum Gasteiger partial charge on any atom is -0.324 e. The molecule has 0 aliphatic carbocycles. The van der Waals surface area contributed by atoms with E-state index < -0.39 is 0 Å². The molecule has 1 rings (SSSR count). The van der Waals surface area contributed by atoms with Crippen LogP contribution in [-0.2, 0) is 13.1 Å². The second-order valence-electron chi connectivity index (χ2n) is 3.08. The third-order valence-corrected chi connectivity index (χ3v) is 2.01.